The Kier molecular flexibility index (Phi) is 5.05. The predicted molar refractivity (Wildman–Crippen MR) is 81.2 cm³/mol. The lowest BCUT2D eigenvalue weighted by Gasteiger charge is -2.09. The first kappa shape index (κ1) is 16.0. The molecule has 2 aromatic carbocycles. The number of anilines is 1. The summed E-state index contributed by atoms with van der Waals surface area (Å²) >= 11 is 4.98. The molecule has 0 aliphatic carbocycles. The number of thioether (sulfide) groups is 1. The van der Waals surface area contributed by atoms with Crippen molar-refractivity contribution in [1.82, 2.24) is 0 Å². The van der Waals surface area contributed by atoms with Crippen molar-refractivity contribution in [1.29, 1.82) is 0 Å². The molecule has 0 heterocycles. The summed E-state index contributed by atoms with van der Waals surface area (Å²) in [7, 11) is 0. The van der Waals surface area contributed by atoms with E-state index < -0.39 is 6.36 Å². The maximum atomic E-state index is 12.0. The number of hydrogen-bond acceptors (Lipinski definition) is 3. The minimum Gasteiger partial charge on any atom is -0.406 e. The number of alkyl halides is 3. The third kappa shape index (κ3) is 5.17. The van der Waals surface area contributed by atoms with Gasteiger partial charge in [-0.1, -0.05) is 12.1 Å². The van der Waals surface area contributed by atoms with Gasteiger partial charge in [0.1, 0.15) is 5.75 Å². The highest BCUT2D eigenvalue weighted by molar-refractivity contribution is 9.10. The van der Waals surface area contributed by atoms with Crippen LogP contribution in [0.1, 0.15) is 5.56 Å². The fourth-order valence-electron chi connectivity index (χ4n) is 1.58. The Morgan fingerprint density at radius 3 is 2.33 bits per heavy atom. The second-order valence-corrected chi connectivity index (χ2v) is 6.04. The first-order valence-corrected chi connectivity index (χ1v) is 7.64. The molecule has 0 aromatic heterocycles. The zero-order chi connectivity index (χ0) is 15.5. The lowest BCUT2D eigenvalue weighted by atomic mass is 10.2. The first-order valence-electron chi connectivity index (χ1n) is 5.86. The van der Waals surface area contributed by atoms with Gasteiger partial charge >= 0.3 is 6.36 Å². The minimum absolute atomic E-state index is 0.218. The van der Waals surface area contributed by atoms with Gasteiger partial charge in [-0.05, 0) is 51.8 Å². The van der Waals surface area contributed by atoms with Crippen LogP contribution in [0.15, 0.2) is 51.8 Å². The van der Waals surface area contributed by atoms with Gasteiger partial charge in [-0.25, -0.2) is 0 Å². The summed E-state index contributed by atoms with van der Waals surface area (Å²) in [5, 5.41) is 0. The van der Waals surface area contributed by atoms with Gasteiger partial charge in [-0.15, -0.1) is 24.9 Å². The number of halogens is 4. The van der Waals surface area contributed by atoms with Gasteiger partial charge in [-0.2, -0.15) is 0 Å². The van der Waals surface area contributed by atoms with Crippen molar-refractivity contribution in [3.05, 3.63) is 52.5 Å². The lowest BCUT2D eigenvalue weighted by molar-refractivity contribution is -0.274. The molecular formula is C14H11BrF3NOS. The van der Waals surface area contributed by atoms with Crippen molar-refractivity contribution < 1.29 is 17.9 Å². The highest BCUT2D eigenvalue weighted by Gasteiger charge is 2.30. The molecular weight excluding hydrogens is 367 g/mol. The van der Waals surface area contributed by atoms with E-state index in [4.69, 9.17) is 5.73 Å². The number of nitrogen functional groups attached to an aromatic ring is 1. The average Bonchev–Trinajstić information content (AvgIpc) is 2.38. The second-order valence-electron chi connectivity index (χ2n) is 4.17. The van der Waals surface area contributed by atoms with Crippen LogP contribution in [-0.2, 0) is 5.75 Å². The number of hydrogen-bond donors (Lipinski definition) is 1. The number of ether oxygens (including phenoxy) is 1. The molecule has 0 amide bonds. The molecule has 0 fully saturated rings. The minimum atomic E-state index is -4.66. The molecule has 21 heavy (non-hydrogen) atoms. The van der Waals surface area contributed by atoms with Gasteiger partial charge in [0.2, 0.25) is 0 Å². The third-order valence-corrected chi connectivity index (χ3v) is 4.57. The molecule has 2 rings (SSSR count). The molecule has 112 valence electrons. The fourth-order valence-corrected chi connectivity index (χ4v) is 3.20. The van der Waals surface area contributed by atoms with Gasteiger partial charge < -0.3 is 10.5 Å². The Morgan fingerprint density at radius 2 is 1.76 bits per heavy atom. The van der Waals surface area contributed by atoms with Crippen molar-refractivity contribution >= 4 is 33.4 Å². The Morgan fingerprint density at radius 1 is 1.10 bits per heavy atom. The molecule has 0 aliphatic heterocycles. The molecule has 0 saturated carbocycles. The standard InChI is InChI=1S/C14H11BrF3NOS/c15-12-7-10(19)3-6-13(12)21-8-9-1-4-11(5-2-9)20-14(16,17)18/h1-7H,8,19H2. The van der Waals surface area contributed by atoms with Crippen LogP contribution in [0.25, 0.3) is 0 Å². The van der Waals surface area contributed by atoms with E-state index in [2.05, 4.69) is 20.7 Å². The van der Waals surface area contributed by atoms with Crippen LogP contribution in [0.2, 0.25) is 0 Å². The van der Waals surface area contributed by atoms with Crippen LogP contribution in [0.5, 0.6) is 5.75 Å². The summed E-state index contributed by atoms with van der Waals surface area (Å²) in [6.45, 7) is 0. The summed E-state index contributed by atoms with van der Waals surface area (Å²) in [6, 6.07) is 11.3. The Hall–Kier alpha value is -1.34. The largest absolute Gasteiger partial charge is 0.573 e. The molecule has 0 bridgehead atoms. The van der Waals surface area contributed by atoms with Gasteiger partial charge in [-0.3, -0.25) is 0 Å². The van der Waals surface area contributed by atoms with E-state index >= 15 is 0 Å². The molecule has 2 nitrogen and oxygen atoms in total. The average molecular weight is 378 g/mol. The van der Waals surface area contributed by atoms with E-state index in [1.807, 2.05) is 12.1 Å². The summed E-state index contributed by atoms with van der Waals surface area (Å²) in [5.74, 6) is 0.416. The second kappa shape index (κ2) is 6.62. The van der Waals surface area contributed by atoms with Gasteiger partial charge in [0, 0.05) is 20.8 Å². The Bertz CT molecular complexity index is 617. The Labute approximate surface area is 132 Å². The zero-order valence-corrected chi connectivity index (χ0v) is 13.1. The molecule has 0 spiro atoms. The normalized spacial score (nSPS) is 11.4. The van der Waals surface area contributed by atoms with E-state index in [0.717, 1.165) is 14.9 Å². The van der Waals surface area contributed by atoms with Crippen LogP contribution in [0.4, 0.5) is 18.9 Å². The monoisotopic (exact) mass is 377 g/mol. The van der Waals surface area contributed by atoms with Crippen LogP contribution in [0, 0.1) is 0 Å². The fraction of sp³-hybridized carbons (Fsp3) is 0.143. The van der Waals surface area contributed by atoms with Crippen LogP contribution < -0.4 is 10.5 Å². The highest BCUT2D eigenvalue weighted by atomic mass is 79.9. The molecule has 0 saturated heterocycles. The van der Waals surface area contributed by atoms with E-state index in [-0.39, 0.29) is 5.75 Å². The van der Waals surface area contributed by atoms with Gasteiger partial charge in [0.15, 0.2) is 0 Å². The Balaban J connectivity index is 1.97. The maximum Gasteiger partial charge on any atom is 0.573 e. The lowest BCUT2D eigenvalue weighted by Crippen LogP contribution is -2.16. The zero-order valence-electron chi connectivity index (χ0n) is 10.7. The maximum absolute atomic E-state index is 12.0. The van der Waals surface area contributed by atoms with Crippen molar-refractivity contribution in [3.63, 3.8) is 0 Å². The van der Waals surface area contributed by atoms with Crippen LogP contribution in [0.3, 0.4) is 0 Å². The summed E-state index contributed by atoms with van der Waals surface area (Å²) in [5.41, 5.74) is 7.22. The SMILES string of the molecule is Nc1ccc(SCc2ccc(OC(F)(F)F)cc2)c(Br)c1. The molecule has 0 atom stereocenters. The highest BCUT2D eigenvalue weighted by Crippen LogP contribution is 2.32. The molecule has 2 aromatic rings. The first-order chi connectivity index (χ1) is 9.83. The van der Waals surface area contributed by atoms with Gasteiger partial charge in [0.25, 0.3) is 0 Å². The number of benzene rings is 2. The van der Waals surface area contributed by atoms with E-state index in [1.165, 1.54) is 12.1 Å². The van der Waals surface area contributed by atoms with Crippen LogP contribution in [-0.4, -0.2) is 6.36 Å². The van der Waals surface area contributed by atoms with E-state index in [9.17, 15) is 13.2 Å². The van der Waals surface area contributed by atoms with Crippen molar-refractivity contribution in [2.24, 2.45) is 0 Å². The summed E-state index contributed by atoms with van der Waals surface area (Å²) in [4.78, 5) is 1.01. The van der Waals surface area contributed by atoms with Gasteiger partial charge in [0.05, 0.1) is 0 Å². The topological polar surface area (TPSA) is 35.2 Å². The third-order valence-electron chi connectivity index (χ3n) is 2.51. The van der Waals surface area contributed by atoms with E-state index in [0.29, 0.717) is 11.4 Å². The van der Waals surface area contributed by atoms with Crippen molar-refractivity contribution in [2.45, 2.75) is 17.0 Å². The van der Waals surface area contributed by atoms with Crippen LogP contribution >= 0.6 is 27.7 Å². The molecule has 0 aliphatic rings. The molecule has 7 heteroatoms. The summed E-state index contributed by atoms with van der Waals surface area (Å²) in [6.07, 6.45) is -4.66. The number of rotatable bonds is 4. The predicted octanol–water partition coefficient (Wildman–Crippen LogP) is 5.22. The van der Waals surface area contributed by atoms with E-state index in [1.54, 1.807) is 30.0 Å². The van der Waals surface area contributed by atoms with Crippen molar-refractivity contribution in [3.8, 4) is 5.75 Å². The smallest absolute Gasteiger partial charge is 0.406 e. The van der Waals surface area contributed by atoms with Crippen molar-refractivity contribution in [2.75, 3.05) is 5.73 Å². The molecule has 2 N–H and O–H groups in total. The number of nitrogens with two attached hydrogens (primary N) is 1. The summed E-state index contributed by atoms with van der Waals surface area (Å²) < 4.78 is 40.9. The molecule has 0 radical (unpaired) electrons. The molecule has 0 unspecified atom stereocenters. The quantitative estimate of drug-likeness (QED) is 0.585.